The van der Waals surface area contributed by atoms with Crippen molar-refractivity contribution in [3.8, 4) is 0 Å². The van der Waals surface area contributed by atoms with Gasteiger partial charge in [-0.05, 0) is 63.9 Å². The van der Waals surface area contributed by atoms with Crippen LogP contribution in [0.15, 0.2) is 12.3 Å². The minimum absolute atomic E-state index is 0. The van der Waals surface area contributed by atoms with Crippen LogP contribution >= 0.6 is 0 Å². The van der Waals surface area contributed by atoms with Gasteiger partial charge in [0.05, 0.1) is 11.3 Å². The fourth-order valence-corrected chi connectivity index (χ4v) is 3.70. The van der Waals surface area contributed by atoms with E-state index in [0.717, 1.165) is 43.2 Å². The molecule has 130 valence electrons. The number of carbonyl (C=O) groups is 1. The topological polar surface area (TPSA) is 68.7 Å². The van der Waals surface area contributed by atoms with Gasteiger partial charge in [0.2, 0.25) is 0 Å². The van der Waals surface area contributed by atoms with Gasteiger partial charge >= 0.3 is 0 Å². The number of carbonyl (C=O) groups excluding carboxylic acids is 1. The molecule has 3 rings (SSSR count). The molecule has 1 aliphatic heterocycles. The van der Waals surface area contributed by atoms with Crippen LogP contribution in [-0.4, -0.2) is 59.1 Å². The largest absolute Gasteiger partial charge is 0.309 e. The van der Waals surface area contributed by atoms with Gasteiger partial charge in [0.1, 0.15) is 0 Å². The molecule has 1 amide bonds. The van der Waals surface area contributed by atoms with Crippen molar-refractivity contribution in [2.75, 3.05) is 27.2 Å². The molecule has 1 aliphatic carbocycles. The second-order valence-electron chi connectivity index (χ2n) is 6.99. The zero-order valence-electron chi connectivity index (χ0n) is 14.0. The summed E-state index contributed by atoms with van der Waals surface area (Å²) >= 11 is 0. The number of hydroxylamine groups is 1. The highest BCUT2D eigenvalue weighted by Crippen LogP contribution is 2.36. The van der Waals surface area contributed by atoms with E-state index in [2.05, 4.69) is 28.9 Å². The van der Waals surface area contributed by atoms with E-state index in [-0.39, 0.29) is 2.85 Å². The Morgan fingerprint density at radius 2 is 2.35 bits per heavy atom. The Morgan fingerprint density at radius 3 is 3.00 bits per heavy atom. The predicted molar refractivity (Wildman–Crippen MR) is 91.5 cm³/mol. The van der Waals surface area contributed by atoms with E-state index in [0.29, 0.717) is 11.6 Å². The smallest absolute Gasteiger partial charge is 0.276 e. The van der Waals surface area contributed by atoms with Crippen molar-refractivity contribution in [2.45, 2.75) is 38.3 Å². The van der Waals surface area contributed by atoms with Crippen LogP contribution in [0.3, 0.4) is 0 Å². The molecule has 23 heavy (non-hydrogen) atoms. The standard InChI is InChI=1S/C17H26N4O2.2H2/c1-20(2)7-5-12-3-4-16(12)21-8-6-13-9-14(17(22)19-23)10-18-15(13)11-21;;/h9-10,12,16,23H,3-8,11H2,1-2H3,(H,19,22);2*1H/t12?,16-;;/m1../s1. The normalized spacial score (nSPS) is 24.2. The fraction of sp³-hybridized carbons (Fsp3) is 0.647. The van der Waals surface area contributed by atoms with Crippen molar-refractivity contribution < 1.29 is 12.9 Å². The molecule has 1 saturated carbocycles. The molecule has 0 aromatic carbocycles. The van der Waals surface area contributed by atoms with Gasteiger partial charge in [-0.1, -0.05) is 0 Å². The Morgan fingerprint density at radius 1 is 1.52 bits per heavy atom. The summed E-state index contributed by atoms with van der Waals surface area (Å²) in [5, 5.41) is 8.73. The van der Waals surface area contributed by atoms with E-state index in [1.807, 2.05) is 6.07 Å². The third kappa shape index (κ3) is 3.54. The number of nitrogens with one attached hydrogen (secondary N) is 1. The van der Waals surface area contributed by atoms with Crippen molar-refractivity contribution in [1.29, 1.82) is 0 Å². The zero-order chi connectivity index (χ0) is 16.4. The minimum Gasteiger partial charge on any atom is -0.309 e. The second kappa shape index (κ2) is 6.95. The van der Waals surface area contributed by atoms with Gasteiger partial charge in [-0.25, -0.2) is 5.48 Å². The maximum atomic E-state index is 11.5. The van der Waals surface area contributed by atoms with Gasteiger partial charge in [-0.3, -0.25) is 19.9 Å². The molecule has 2 heterocycles. The van der Waals surface area contributed by atoms with Crippen LogP contribution in [0.5, 0.6) is 0 Å². The van der Waals surface area contributed by atoms with Gasteiger partial charge in [0, 0.05) is 28.2 Å². The van der Waals surface area contributed by atoms with Crippen LogP contribution in [0.25, 0.3) is 0 Å². The van der Waals surface area contributed by atoms with Crippen LogP contribution < -0.4 is 5.48 Å². The molecule has 6 heteroatoms. The highest BCUT2D eigenvalue weighted by molar-refractivity contribution is 5.93. The van der Waals surface area contributed by atoms with Gasteiger partial charge in [-0.15, -0.1) is 0 Å². The second-order valence-corrected chi connectivity index (χ2v) is 6.99. The SMILES string of the molecule is CN(C)CCC1CC[C@H]1N1CCc2cc(C(=O)NO)cnc2C1.[HH].[HH]. The molecule has 1 unspecified atom stereocenters. The molecule has 2 aliphatic rings. The van der Waals surface area contributed by atoms with Crippen LogP contribution in [0.2, 0.25) is 0 Å². The van der Waals surface area contributed by atoms with Gasteiger partial charge < -0.3 is 4.90 Å². The summed E-state index contributed by atoms with van der Waals surface area (Å²) in [5.74, 6) is 0.309. The van der Waals surface area contributed by atoms with Crippen molar-refractivity contribution >= 4 is 5.91 Å². The van der Waals surface area contributed by atoms with E-state index in [1.165, 1.54) is 19.3 Å². The molecule has 0 bridgehead atoms. The summed E-state index contributed by atoms with van der Waals surface area (Å²) in [6.45, 7) is 3.06. The monoisotopic (exact) mass is 322 g/mol. The number of pyridine rings is 1. The maximum absolute atomic E-state index is 11.5. The van der Waals surface area contributed by atoms with Crippen LogP contribution in [0, 0.1) is 5.92 Å². The first-order chi connectivity index (χ1) is 11.1. The molecular formula is C17H30N4O2. The first-order valence-corrected chi connectivity index (χ1v) is 8.39. The van der Waals surface area contributed by atoms with Crippen molar-refractivity contribution in [1.82, 2.24) is 20.3 Å². The Hall–Kier alpha value is -1.50. The lowest BCUT2D eigenvalue weighted by atomic mass is 9.75. The zero-order valence-corrected chi connectivity index (χ0v) is 14.0. The minimum atomic E-state index is -0.495. The van der Waals surface area contributed by atoms with Crippen molar-refractivity contribution in [2.24, 2.45) is 5.92 Å². The molecule has 1 aromatic heterocycles. The number of fused-ring (bicyclic) bond motifs is 1. The summed E-state index contributed by atoms with van der Waals surface area (Å²) in [6, 6.07) is 2.54. The van der Waals surface area contributed by atoms with E-state index in [1.54, 1.807) is 11.7 Å². The number of amides is 1. The number of aromatic nitrogens is 1. The van der Waals surface area contributed by atoms with Crippen LogP contribution in [0.1, 0.15) is 43.7 Å². The Bertz CT molecular complexity index is 586. The Balaban J connectivity index is 0.00000156. The third-order valence-electron chi connectivity index (χ3n) is 5.24. The molecule has 0 saturated heterocycles. The highest BCUT2D eigenvalue weighted by Gasteiger charge is 2.36. The number of hydrogen-bond donors (Lipinski definition) is 2. The first-order valence-electron chi connectivity index (χ1n) is 8.39. The summed E-state index contributed by atoms with van der Waals surface area (Å²) < 4.78 is 0. The van der Waals surface area contributed by atoms with Crippen molar-refractivity contribution in [3.05, 3.63) is 29.1 Å². The first kappa shape index (κ1) is 16.4. The Labute approximate surface area is 140 Å². The predicted octanol–water partition coefficient (Wildman–Crippen LogP) is 1.78. The summed E-state index contributed by atoms with van der Waals surface area (Å²) in [7, 11) is 4.27. The molecule has 1 fully saturated rings. The molecule has 2 atom stereocenters. The lowest BCUT2D eigenvalue weighted by molar-refractivity contribution is 0.0417. The van der Waals surface area contributed by atoms with Gasteiger partial charge in [0.25, 0.3) is 5.91 Å². The molecule has 1 aromatic rings. The van der Waals surface area contributed by atoms with Gasteiger partial charge in [-0.2, -0.15) is 0 Å². The summed E-state index contributed by atoms with van der Waals surface area (Å²) in [6.07, 6.45) is 6.37. The number of rotatable bonds is 5. The van der Waals surface area contributed by atoms with E-state index in [9.17, 15) is 4.79 Å². The molecule has 0 radical (unpaired) electrons. The number of nitrogens with zero attached hydrogens (tertiary/aromatic N) is 3. The number of hydrogen-bond acceptors (Lipinski definition) is 5. The van der Waals surface area contributed by atoms with E-state index < -0.39 is 5.91 Å². The average molecular weight is 322 g/mol. The quantitative estimate of drug-likeness (QED) is 0.639. The highest BCUT2D eigenvalue weighted by atomic mass is 16.5. The van der Waals surface area contributed by atoms with Gasteiger partial charge in [0.15, 0.2) is 0 Å². The summed E-state index contributed by atoms with van der Waals surface area (Å²) in [5.41, 5.74) is 4.30. The maximum Gasteiger partial charge on any atom is 0.276 e. The van der Waals surface area contributed by atoms with Crippen molar-refractivity contribution in [3.63, 3.8) is 0 Å². The lowest BCUT2D eigenvalue weighted by Gasteiger charge is -2.46. The third-order valence-corrected chi connectivity index (χ3v) is 5.24. The summed E-state index contributed by atoms with van der Waals surface area (Å²) in [4.78, 5) is 20.8. The van der Waals surface area contributed by atoms with E-state index in [4.69, 9.17) is 5.21 Å². The molecule has 2 N–H and O–H groups in total. The average Bonchev–Trinajstić information content (AvgIpc) is 2.52. The van der Waals surface area contributed by atoms with Crippen LogP contribution in [0.4, 0.5) is 0 Å². The molecular weight excluding hydrogens is 292 g/mol. The lowest BCUT2D eigenvalue weighted by Crippen LogP contribution is -2.49. The molecule has 6 nitrogen and oxygen atoms in total. The van der Waals surface area contributed by atoms with Crippen LogP contribution in [-0.2, 0) is 13.0 Å². The molecule has 0 spiro atoms. The fourth-order valence-electron chi connectivity index (χ4n) is 3.70. The van der Waals surface area contributed by atoms with E-state index >= 15 is 0 Å². The Kier molecular flexibility index (Phi) is 4.94.